The van der Waals surface area contributed by atoms with E-state index in [-0.39, 0.29) is 10.6 Å². The van der Waals surface area contributed by atoms with Gasteiger partial charge in [-0.15, -0.1) is 0 Å². The van der Waals surface area contributed by atoms with Crippen molar-refractivity contribution in [1.82, 2.24) is 9.55 Å². The van der Waals surface area contributed by atoms with Gasteiger partial charge in [0.15, 0.2) is 11.5 Å². The number of rotatable bonds is 6. The average Bonchev–Trinajstić information content (AvgIpc) is 3.16. The zero-order valence-electron chi connectivity index (χ0n) is 17.5. The van der Waals surface area contributed by atoms with Crippen LogP contribution in [0.1, 0.15) is 31.6 Å². The van der Waals surface area contributed by atoms with E-state index in [1.165, 1.54) is 20.3 Å². The first kappa shape index (κ1) is 20.0. The lowest BCUT2D eigenvalue weighted by atomic mass is 10.0. The number of fused-ring (bicyclic) bond motifs is 1. The van der Waals surface area contributed by atoms with E-state index in [4.69, 9.17) is 14.5 Å². The van der Waals surface area contributed by atoms with E-state index in [9.17, 15) is 10.1 Å². The highest BCUT2D eigenvalue weighted by Crippen LogP contribution is 2.41. The van der Waals surface area contributed by atoms with Gasteiger partial charge in [0.05, 0.1) is 36.2 Å². The number of nitro benzene ring substituents is 1. The lowest BCUT2D eigenvalue weighted by molar-refractivity contribution is -0.384. The molecule has 0 saturated carbocycles. The molecule has 1 saturated heterocycles. The monoisotopic (exact) mass is 410 g/mol. The number of para-hydroxylation sites is 2. The molecule has 2 heterocycles. The van der Waals surface area contributed by atoms with E-state index >= 15 is 0 Å². The molecule has 1 aliphatic heterocycles. The van der Waals surface area contributed by atoms with E-state index in [2.05, 4.69) is 22.5 Å². The molecule has 2 aromatic carbocycles. The molecule has 0 radical (unpaired) electrons. The SMILES string of the molecule is CCc1nc2ccccc2n1C1CCN(c2cc(OC)c(OC)cc2[N+](=O)[O-])CC1. The van der Waals surface area contributed by atoms with E-state index < -0.39 is 0 Å². The van der Waals surface area contributed by atoms with Gasteiger partial charge in [0.25, 0.3) is 5.69 Å². The van der Waals surface area contributed by atoms with Gasteiger partial charge in [0.1, 0.15) is 11.5 Å². The number of hydrogen-bond acceptors (Lipinski definition) is 6. The van der Waals surface area contributed by atoms with Crippen LogP contribution in [0.15, 0.2) is 36.4 Å². The summed E-state index contributed by atoms with van der Waals surface area (Å²) < 4.78 is 13.0. The van der Waals surface area contributed by atoms with Gasteiger partial charge in [-0.2, -0.15) is 0 Å². The van der Waals surface area contributed by atoms with Crippen LogP contribution in [-0.2, 0) is 6.42 Å². The van der Waals surface area contributed by atoms with E-state index in [1.54, 1.807) is 6.07 Å². The fourth-order valence-corrected chi connectivity index (χ4v) is 4.37. The van der Waals surface area contributed by atoms with Crippen molar-refractivity contribution >= 4 is 22.4 Å². The number of nitro groups is 1. The second-order valence-corrected chi connectivity index (χ2v) is 7.41. The molecule has 0 unspecified atom stereocenters. The number of imidazole rings is 1. The van der Waals surface area contributed by atoms with Crippen molar-refractivity contribution in [3.05, 3.63) is 52.3 Å². The molecule has 0 aliphatic carbocycles. The summed E-state index contributed by atoms with van der Waals surface area (Å²) in [4.78, 5) is 18.2. The zero-order valence-corrected chi connectivity index (χ0v) is 17.5. The lowest BCUT2D eigenvalue weighted by Gasteiger charge is -2.35. The van der Waals surface area contributed by atoms with Crippen molar-refractivity contribution in [2.24, 2.45) is 0 Å². The van der Waals surface area contributed by atoms with Crippen LogP contribution in [0, 0.1) is 10.1 Å². The highest BCUT2D eigenvalue weighted by Gasteiger charge is 2.29. The predicted octanol–water partition coefficient (Wildman–Crippen LogP) is 4.37. The van der Waals surface area contributed by atoms with Gasteiger partial charge >= 0.3 is 0 Å². The topological polar surface area (TPSA) is 82.7 Å². The Bertz CT molecular complexity index is 1070. The van der Waals surface area contributed by atoms with Gasteiger partial charge in [0.2, 0.25) is 0 Å². The predicted molar refractivity (Wildman–Crippen MR) is 116 cm³/mol. The van der Waals surface area contributed by atoms with E-state index in [0.717, 1.165) is 49.2 Å². The molecule has 1 aromatic heterocycles. The quantitative estimate of drug-likeness (QED) is 0.443. The Hall–Kier alpha value is -3.29. The molecule has 158 valence electrons. The van der Waals surface area contributed by atoms with Crippen LogP contribution in [0.25, 0.3) is 11.0 Å². The van der Waals surface area contributed by atoms with Crippen LogP contribution < -0.4 is 14.4 Å². The third kappa shape index (κ3) is 3.42. The minimum atomic E-state index is -0.359. The molecule has 1 fully saturated rings. The van der Waals surface area contributed by atoms with Gasteiger partial charge < -0.3 is 18.9 Å². The molecule has 0 spiro atoms. The largest absolute Gasteiger partial charge is 0.493 e. The average molecular weight is 410 g/mol. The number of anilines is 1. The van der Waals surface area contributed by atoms with E-state index in [0.29, 0.717) is 23.2 Å². The van der Waals surface area contributed by atoms with Crippen molar-refractivity contribution in [2.75, 3.05) is 32.2 Å². The van der Waals surface area contributed by atoms with Gasteiger partial charge in [0, 0.05) is 31.6 Å². The van der Waals surface area contributed by atoms with Crippen molar-refractivity contribution < 1.29 is 14.4 Å². The Balaban J connectivity index is 1.62. The van der Waals surface area contributed by atoms with Crippen LogP contribution >= 0.6 is 0 Å². The number of piperidine rings is 1. The minimum Gasteiger partial charge on any atom is -0.493 e. The first-order chi connectivity index (χ1) is 14.6. The smallest absolute Gasteiger partial charge is 0.296 e. The zero-order chi connectivity index (χ0) is 21.3. The highest BCUT2D eigenvalue weighted by molar-refractivity contribution is 5.76. The third-order valence-electron chi connectivity index (χ3n) is 5.83. The van der Waals surface area contributed by atoms with Crippen molar-refractivity contribution in [3.8, 4) is 11.5 Å². The first-order valence-corrected chi connectivity index (χ1v) is 10.2. The van der Waals surface area contributed by atoms with Gasteiger partial charge in [-0.05, 0) is 25.0 Å². The maximum Gasteiger partial charge on any atom is 0.296 e. The second-order valence-electron chi connectivity index (χ2n) is 7.41. The first-order valence-electron chi connectivity index (χ1n) is 10.2. The summed E-state index contributed by atoms with van der Waals surface area (Å²) in [5.41, 5.74) is 2.79. The standard InChI is InChI=1S/C22H26N4O4/c1-4-22-23-16-7-5-6-8-17(16)25(22)15-9-11-24(12-10-15)18-13-20(29-2)21(30-3)14-19(18)26(27)28/h5-8,13-15H,4,9-12H2,1-3H3. The molecule has 4 rings (SSSR count). The number of aryl methyl sites for hydroxylation is 1. The Morgan fingerprint density at radius 1 is 1.13 bits per heavy atom. The van der Waals surface area contributed by atoms with Crippen molar-refractivity contribution in [1.29, 1.82) is 0 Å². The van der Waals surface area contributed by atoms with Crippen molar-refractivity contribution in [2.45, 2.75) is 32.2 Å². The number of methoxy groups -OCH3 is 2. The molecule has 8 heteroatoms. The maximum atomic E-state index is 11.7. The molecule has 3 aromatic rings. The molecule has 0 bridgehead atoms. The van der Waals surface area contributed by atoms with Crippen LogP contribution in [0.5, 0.6) is 11.5 Å². The summed E-state index contributed by atoms with van der Waals surface area (Å²) in [6.45, 7) is 3.56. The normalized spacial score (nSPS) is 14.8. The Labute approximate surface area is 175 Å². The van der Waals surface area contributed by atoms with Crippen LogP contribution in [0.4, 0.5) is 11.4 Å². The number of nitrogens with zero attached hydrogens (tertiary/aromatic N) is 4. The van der Waals surface area contributed by atoms with Crippen LogP contribution in [0.3, 0.4) is 0 Å². The molecule has 0 atom stereocenters. The van der Waals surface area contributed by atoms with Crippen molar-refractivity contribution in [3.63, 3.8) is 0 Å². The molecular formula is C22H26N4O4. The maximum absolute atomic E-state index is 11.7. The van der Waals surface area contributed by atoms with Gasteiger partial charge in [-0.25, -0.2) is 4.98 Å². The molecule has 30 heavy (non-hydrogen) atoms. The second kappa shape index (κ2) is 8.22. The lowest BCUT2D eigenvalue weighted by Crippen LogP contribution is -2.35. The third-order valence-corrected chi connectivity index (χ3v) is 5.83. The molecule has 0 amide bonds. The fraction of sp³-hybridized carbons (Fsp3) is 0.409. The van der Waals surface area contributed by atoms with Gasteiger partial charge in [-0.1, -0.05) is 19.1 Å². The number of hydrogen-bond donors (Lipinski definition) is 0. The summed E-state index contributed by atoms with van der Waals surface area (Å²) in [5.74, 6) is 1.95. The Kier molecular flexibility index (Phi) is 5.48. The summed E-state index contributed by atoms with van der Waals surface area (Å²) in [7, 11) is 3.02. The van der Waals surface area contributed by atoms with Crippen LogP contribution in [-0.4, -0.2) is 41.8 Å². The molecule has 8 nitrogen and oxygen atoms in total. The number of aromatic nitrogens is 2. The molecule has 0 N–H and O–H groups in total. The minimum absolute atomic E-state index is 0.0356. The van der Waals surface area contributed by atoms with Gasteiger partial charge in [-0.3, -0.25) is 10.1 Å². The number of benzene rings is 2. The fourth-order valence-electron chi connectivity index (χ4n) is 4.37. The molecular weight excluding hydrogens is 384 g/mol. The number of ether oxygens (including phenoxy) is 2. The summed E-state index contributed by atoms with van der Waals surface area (Å²) >= 11 is 0. The van der Waals surface area contributed by atoms with E-state index in [1.807, 2.05) is 18.2 Å². The van der Waals surface area contributed by atoms with Crippen LogP contribution in [0.2, 0.25) is 0 Å². The summed E-state index contributed by atoms with van der Waals surface area (Å²) in [6.07, 6.45) is 2.65. The highest BCUT2D eigenvalue weighted by atomic mass is 16.6. The Morgan fingerprint density at radius 2 is 1.80 bits per heavy atom. The summed E-state index contributed by atoms with van der Waals surface area (Å²) in [6, 6.07) is 11.7. The summed E-state index contributed by atoms with van der Waals surface area (Å²) in [5, 5.41) is 11.7. The Morgan fingerprint density at radius 3 is 2.43 bits per heavy atom. The molecule has 1 aliphatic rings.